The lowest BCUT2D eigenvalue weighted by molar-refractivity contribution is -0.136. The Morgan fingerprint density at radius 2 is 2.20 bits per heavy atom. The Morgan fingerprint density at radius 3 is 2.67 bits per heavy atom. The van der Waals surface area contributed by atoms with Crippen LogP contribution < -0.4 is 0 Å². The van der Waals surface area contributed by atoms with E-state index in [1.807, 2.05) is 19.9 Å². The Labute approximate surface area is 89.0 Å². The summed E-state index contributed by atoms with van der Waals surface area (Å²) in [6.45, 7) is 3.84. The zero-order chi connectivity index (χ0) is 11.4. The molecule has 3 nitrogen and oxygen atoms in total. The molecule has 1 rings (SSSR count). The van der Waals surface area contributed by atoms with Gasteiger partial charge < -0.3 is 5.11 Å². The van der Waals surface area contributed by atoms with Gasteiger partial charge in [-0.3, -0.25) is 4.79 Å². The zero-order valence-electron chi connectivity index (χ0n) is 8.87. The predicted octanol–water partition coefficient (Wildman–Crippen LogP) is 2.06. The third-order valence-corrected chi connectivity index (χ3v) is 2.34. The van der Waals surface area contributed by atoms with E-state index in [1.165, 1.54) is 0 Å². The molecule has 0 saturated heterocycles. The predicted molar refractivity (Wildman–Crippen MR) is 56.6 cm³/mol. The molecule has 0 spiro atoms. The monoisotopic (exact) mass is 203 g/mol. The van der Waals surface area contributed by atoms with Gasteiger partial charge in [-0.15, -0.1) is 0 Å². The van der Waals surface area contributed by atoms with E-state index in [-0.39, 0.29) is 6.42 Å². The van der Waals surface area contributed by atoms with Crippen LogP contribution in [0.1, 0.15) is 29.2 Å². The molecule has 78 valence electrons. The molecule has 0 radical (unpaired) electrons. The quantitative estimate of drug-likeness (QED) is 0.817. The Balaban J connectivity index is 3.27. The number of carbonyl (C=O) groups is 1. The van der Waals surface area contributed by atoms with Crippen molar-refractivity contribution in [1.29, 1.82) is 5.26 Å². The maximum atomic E-state index is 10.6. The average Bonchev–Trinajstić information content (AvgIpc) is 2.16. The first-order chi connectivity index (χ1) is 7.08. The van der Waals surface area contributed by atoms with Crippen molar-refractivity contribution in [2.75, 3.05) is 0 Å². The van der Waals surface area contributed by atoms with Crippen molar-refractivity contribution in [2.24, 2.45) is 0 Å². The van der Waals surface area contributed by atoms with Crippen LogP contribution in [-0.2, 0) is 17.6 Å². The largest absolute Gasteiger partial charge is 0.481 e. The number of carboxylic acid groups (broad SMARTS) is 1. The first-order valence-corrected chi connectivity index (χ1v) is 4.82. The van der Waals surface area contributed by atoms with E-state index in [1.54, 1.807) is 6.07 Å². The number of rotatable bonds is 3. The van der Waals surface area contributed by atoms with Gasteiger partial charge in [-0.25, -0.2) is 0 Å². The van der Waals surface area contributed by atoms with E-state index in [4.69, 9.17) is 10.4 Å². The number of hydrogen-bond acceptors (Lipinski definition) is 2. The van der Waals surface area contributed by atoms with Crippen molar-refractivity contribution in [3.8, 4) is 6.07 Å². The van der Waals surface area contributed by atoms with Gasteiger partial charge in [0.15, 0.2) is 0 Å². The summed E-state index contributed by atoms with van der Waals surface area (Å²) < 4.78 is 0. The normalized spacial score (nSPS) is 9.67. The van der Waals surface area contributed by atoms with Crippen molar-refractivity contribution in [3.63, 3.8) is 0 Å². The minimum atomic E-state index is -0.904. The summed E-state index contributed by atoms with van der Waals surface area (Å²) in [6, 6.07) is 5.80. The van der Waals surface area contributed by atoms with Gasteiger partial charge in [0.2, 0.25) is 0 Å². The van der Waals surface area contributed by atoms with Crippen LogP contribution in [0.5, 0.6) is 0 Å². The van der Waals surface area contributed by atoms with E-state index >= 15 is 0 Å². The van der Waals surface area contributed by atoms with Crippen LogP contribution >= 0.6 is 0 Å². The van der Waals surface area contributed by atoms with E-state index < -0.39 is 5.97 Å². The smallest absolute Gasteiger partial charge is 0.307 e. The Bertz CT molecular complexity index is 430. The molecule has 0 aliphatic heterocycles. The minimum Gasteiger partial charge on any atom is -0.481 e. The molecule has 0 aliphatic carbocycles. The zero-order valence-corrected chi connectivity index (χ0v) is 8.87. The second-order valence-electron chi connectivity index (χ2n) is 3.48. The number of aryl methyl sites for hydroxylation is 2. The molecule has 0 unspecified atom stereocenters. The fraction of sp³-hybridized carbons (Fsp3) is 0.333. The van der Waals surface area contributed by atoms with Crippen molar-refractivity contribution in [2.45, 2.75) is 26.7 Å². The summed E-state index contributed by atoms with van der Waals surface area (Å²) in [4.78, 5) is 10.6. The maximum absolute atomic E-state index is 10.6. The standard InChI is InChI=1S/C12H13NO2/c1-3-9-4-8(2)11(7-13)10(5-9)6-12(14)15/h4-5H,3,6H2,1-2H3,(H,14,15). The van der Waals surface area contributed by atoms with Gasteiger partial charge in [-0.1, -0.05) is 19.1 Å². The highest BCUT2D eigenvalue weighted by molar-refractivity contribution is 5.72. The highest BCUT2D eigenvalue weighted by Gasteiger charge is 2.10. The van der Waals surface area contributed by atoms with Gasteiger partial charge >= 0.3 is 5.97 Å². The van der Waals surface area contributed by atoms with Gasteiger partial charge in [-0.05, 0) is 30.0 Å². The van der Waals surface area contributed by atoms with E-state index in [0.29, 0.717) is 11.1 Å². The first kappa shape index (κ1) is 11.3. The lowest BCUT2D eigenvalue weighted by Crippen LogP contribution is -2.04. The Kier molecular flexibility index (Phi) is 3.46. The van der Waals surface area contributed by atoms with Gasteiger partial charge in [0.05, 0.1) is 18.1 Å². The van der Waals surface area contributed by atoms with Crippen LogP contribution in [0.3, 0.4) is 0 Å². The van der Waals surface area contributed by atoms with Crippen molar-refractivity contribution in [1.82, 2.24) is 0 Å². The lowest BCUT2D eigenvalue weighted by atomic mass is 9.96. The molecule has 1 N–H and O–H groups in total. The minimum absolute atomic E-state index is 0.0857. The summed E-state index contributed by atoms with van der Waals surface area (Å²) in [5, 5.41) is 17.7. The molecule has 1 aromatic rings. The molecule has 0 atom stereocenters. The van der Waals surface area contributed by atoms with Crippen LogP contribution in [0.4, 0.5) is 0 Å². The van der Waals surface area contributed by atoms with Crippen molar-refractivity contribution in [3.05, 3.63) is 34.4 Å². The number of nitrogens with zero attached hydrogens (tertiary/aromatic N) is 1. The molecule has 1 aromatic carbocycles. The second-order valence-corrected chi connectivity index (χ2v) is 3.48. The fourth-order valence-electron chi connectivity index (χ4n) is 1.61. The van der Waals surface area contributed by atoms with E-state index in [9.17, 15) is 4.79 Å². The maximum Gasteiger partial charge on any atom is 0.307 e. The first-order valence-electron chi connectivity index (χ1n) is 4.82. The number of benzene rings is 1. The molecular formula is C12H13NO2. The van der Waals surface area contributed by atoms with Crippen LogP contribution in [0.2, 0.25) is 0 Å². The summed E-state index contributed by atoms with van der Waals surface area (Å²) in [5.41, 5.74) is 3.03. The Hall–Kier alpha value is -1.82. The Morgan fingerprint density at radius 1 is 1.53 bits per heavy atom. The molecule has 3 heteroatoms. The van der Waals surface area contributed by atoms with E-state index in [0.717, 1.165) is 17.5 Å². The topological polar surface area (TPSA) is 61.1 Å². The highest BCUT2D eigenvalue weighted by Crippen LogP contribution is 2.17. The molecule has 0 bridgehead atoms. The van der Waals surface area contributed by atoms with Gasteiger partial charge in [0, 0.05) is 0 Å². The van der Waals surface area contributed by atoms with Gasteiger partial charge in [0.1, 0.15) is 0 Å². The summed E-state index contributed by atoms with van der Waals surface area (Å²) in [7, 11) is 0. The summed E-state index contributed by atoms with van der Waals surface area (Å²) in [6.07, 6.45) is 0.761. The van der Waals surface area contributed by atoms with Crippen LogP contribution in [0.15, 0.2) is 12.1 Å². The summed E-state index contributed by atoms with van der Waals surface area (Å²) >= 11 is 0. The molecule has 15 heavy (non-hydrogen) atoms. The molecular weight excluding hydrogens is 190 g/mol. The number of hydrogen-bond donors (Lipinski definition) is 1. The number of carboxylic acids is 1. The number of nitriles is 1. The fourth-order valence-corrected chi connectivity index (χ4v) is 1.61. The lowest BCUT2D eigenvalue weighted by Gasteiger charge is -2.07. The average molecular weight is 203 g/mol. The molecule has 0 amide bonds. The molecule has 0 fully saturated rings. The van der Waals surface area contributed by atoms with Crippen LogP contribution in [0.25, 0.3) is 0 Å². The van der Waals surface area contributed by atoms with E-state index in [2.05, 4.69) is 6.07 Å². The summed E-state index contributed by atoms with van der Waals surface area (Å²) in [5.74, 6) is -0.904. The van der Waals surface area contributed by atoms with Gasteiger partial charge in [0.25, 0.3) is 0 Å². The van der Waals surface area contributed by atoms with Crippen molar-refractivity contribution >= 4 is 5.97 Å². The van der Waals surface area contributed by atoms with Crippen LogP contribution in [-0.4, -0.2) is 11.1 Å². The third-order valence-electron chi connectivity index (χ3n) is 2.34. The second kappa shape index (κ2) is 4.61. The SMILES string of the molecule is CCc1cc(C)c(C#N)c(CC(=O)O)c1. The highest BCUT2D eigenvalue weighted by atomic mass is 16.4. The number of aliphatic carboxylic acids is 1. The van der Waals surface area contributed by atoms with Crippen molar-refractivity contribution < 1.29 is 9.90 Å². The molecule has 0 aliphatic rings. The third kappa shape index (κ3) is 2.57. The molecule has 0 heterocycles. The van der Waals surface area contributed by atoms with Gasteiger partial charge in [-0.2, -0.15) is 5.26 Å². The molecule has 0 saturated carbocycles. The van der Waals surface area contributed by atoms with Crippen LogP contribution in [0, 0.1) is 18.3 Å². The molecule has 0 aromatic heterocycles.